The van der Waals surface area contributed by atoms with Gasteiger partial charge in [-0.15, -0.1) is 0 Å². The van der Waals surface area contributed by atoms with E-state index in [9.17, 15) is 4.79 Å². The van der Waals surface area contributed by atoms with Gasteiger partial charge in [-0.1, -0.05) is 26.2 Å². The highest BCUT2D eigenvalue weighted by atomic mass is 16.5. The van der Waals surface area contributed by atoms with Gasteiger partial charge in [0.15, 0.2) is 0 Å². The lowest BCUT2D eigenvalue weighted by Crippen LogP contribution is -2.33. The summed E-state index contributed by atoms with van der Waals surface area (Å²) in [5.74, 6) is 0.417. The Morgan fingerprint density at radius 3 is 3.07 bits per heavy atom. The molecule has 14 heavy (non-hydrogen) atoms. The normalized spacial score (nSPS) is 27.2. The van der Waals surface area contributed by atoms with Crippen LogP contribution < -0.4 is 0 Å². The molecule has 0 aromatic rings. The number of hydrogen-bond donors (Lipinski definition) is 0. The maximum atomic E-state index is 10.3. The van der Waals surface area contributed by atoms with Crippen molar-refractivity contribution >= 4 is 6.47 Å². The molecule has 0 radical (unpaired) electrons. The summed E-state index contributed by atoms with van der Waals surface area (Å²) in [5, 5.41) is 0. The fraction of sp³-hybridized carbons (Fsp3) is 0.909. The molecule has 0 aliphatic carbocycles. The van der Waals surface area contributed by atoms with Crippen molar-refractivity contribution in [3.8, 4) is 0 Å². The van der Waals surface area contributed by atoms with Gasteiger partial charge in [-0.05, 0) is 6.42 Å². The minimum atomic E-state index is 0.0955. The maximum absolute atomic E-state index is 10.3. The van der Waals surface area contributed by atoms with Gasteiger partial charge in [0.1, 0.15) is 6.10 Å². The number of ether oxygens (including phenoxy) is 2. The Bertz CT molecular complexity index is 159. The predicted molar refractivity (Wildman–Crippen MR) is 54.0 cm³/mol. The lowest BCUT2D eigenvalue weighted by molar-refractivity contribution is -0.143. The van der Waals surface area contributed by atoms with Crippen molar-refractivity contribution < 1.29 is 14.3 Å². The van der Waals surface area contributed by atoms with E-state index in [1.54, 1.807) is 0 Å². The summed E-state index contributed by atoms with van der Waals surface area (Å²) < 4.78 is 10.5. The van der Waals surface area contributed by atoms with Gasteiger partial charge in [0.05, 0.1) is 13.2 Å². The lowest BCUT2D eigenvalue weighted by Gasteiger charge is -2.29. The minimum Gasteiger partial charge on any atom is -0.464 e. The van der Waals surface area contributed by atoms with Crippen LogP contribution in [0.3, 0.4) is 0 Å². The third kappa shape index (κ3) is 3.66. The first-order valence-electron chi connectivity index (χ1n) is 5.55. The molecule has 2 unspecified atom stereocenters. The number of carbonyl (C=O) groups excluding carboxylic acids is 1. The van der Waals surface area contributed by atoms with Crippen LogP contribution in [0, 0.1) is 5.92 Å². The number of hydrogen-bond acceptors (Lipinski definition) is 3. The highest BCUT2D eigenvalue weighted by Crippen LogP contribution is 2.23. The molecule has 3 nitrogen and oxygen atoms in total. The van der Waals surface area contributed by atoms with E-state index in [0.29, 0.717) is 12.4 Å². The van der Waals surface area contributed by atoms with Crippen LogP contribution in [0.1, 0.15) is 39.0 Å². The molecule has 2 atom stereocenters. The second-order valence-corrected chi connectivity index (χ2v) is 3.89. The minimum absolute atomic E-state index is 0.0955. The number of unbranched alkanes of at least 4 members (excludes halogenated alkanes) is 2. The summed E-state index contributed by atoms with van der Waals surface area (Å²) >= 11 is 0. The third-order valence-electron chi connectivity index (χ3n) is 2.81. The Labute approximate surface area is 85.8 Å². The predicted octanol–water partition coefficient (Wildman–Crippen LogP) is 2.14. The molecule has 0 amide bonds. The van der Waals surface area contributed by atoms with Gasteiger partial charge in [-0.25, -0.2) is 0 Å². The molecule has 0 spiro atoms. The Morgan fingerprint density at radius 1 is 1.50 bits per heavy atom. The average molecular weight is 200 g/mol. The van der Waals surface area contributed by atoms with Crippen molar-refractivity contribution in [3.05, 3.63) is 0 Å². The quantitative estimate of drug-likeness (QED) is 0.487. The summed E-state index contributed by atoms with van der Waals surface area (Å²) in [6.45, 7) is 4.24. The Balaban J connectivity index is 2.26. The van der Waals surface area contributed by atoms with E-state index in [1.165, 1.54) is 19.3 Å². The molecule has 1 heterocycles. The molecular weight excluding hydrogens is 180 g/mol. The number of carbonyl (C=O) groups is 1. The van der Waals surface area contributed by atoms with Gasteiger partial charge in [0.2, 0.25) is 0 Å². The molecule has 0 aromatic carbocycles. The van der Waals surface area contributed by atoms with E-state index >= 15 is 0 Å². The van der Waals surface area contributed by atoms with E-state index in [-0.39, 0.29) is 6.10 Å². The first-order valence-corrected chi connectivity index (χ1v) is 5.55. The molecule has 1 fully saturated rings. The summed E-state index contributed by atoms with van der Waals surface area (Å²) in [5.41, 5.74) is 0. The SMILES string of the molecule is CCCCCC1COCCC1OC=O. The average Bonchev–Trinajstić information content (AvgIpc) is 2.21. The summed E-state index contributed by atoms with van der Waals surface area (Å²) in [6.07, 6.45) is 5.76. The van der Waals surface area contributed by atoms with Crippen LogP contribution in [0.5, 0.6) is 0 Å². The summed E-state index contributed by atoms with van der Waals surface area (Å²) in [6, 6.07) is 0. The van der Waals surface area contributed by atoms with Crippen molar-refractivity contribution in [2.75, 3.05) is 13.2 Å². The van der Waals surface area contributed by atoms with E-state index in [2.05, 4.69) is 6.92 Å². The fourth-order valence-electron chi connectivity index (χ4n) is 1.95. The molecule has 0 N–H and O–H groups in total. The molecule has 3 heteroatoms. The van der Waals surface area contributed by atoms with Crippen molar-refractivity contribution in [2.24, 2.45) is 5.92 Å². The van der Waals surface area contributed by atoms with Crippen LogP contribution in [0.2, 0.25) is 0 Å². The zero-order valence-electron chi connectivity index (χ0n) is 8.91. The molecule has 1 rings (SSSR count). The van der Waals surface area contributed by atoms with Crippen LogP contribution in [-0.4, -0.2) is 25.8 Å². The Hall–Kier alpha value is -0.570. The lowest BCUT2D eigenvalue weighted by atomic mass is 9.93. The van der Waals surface area contributed by atoms with Crippen molar-refractivity contribution in [2.45, 2.75) is 45.1 Å². The largest absolute Gasteiger partial charge is 0.464 e. The monoisotopic (exact) mass is 200 g/mol. The zero-order chi connectivity index (χ0) is 10.2. The van der Waals surface area contributed by atoms with Crippen LogP contribution in [0.15, 0.2) is 0 Å². The number of rotatable bonds is 6. The van der Waals surface area contributed by atoms with Gasteiger partial charge < -0.3 is 9.47 Å². The van der Waals surface area contributed by atoms with Crippen LogP contribution in [0.25, 0.3) is 0 Å². The van der Waals surface area contributed by atoms with Crippen molar-refractivity contribution in [1.29, 1.82) is 0 Å². The van der Waals surface area contributed by atoms with E-state index in [4.69, 9.17) is 9.47 Å². The third-order valence-corrected chi connectivity index (χ3v) is 2.81. The standard InChI is InChI=1S/C11H20O3/c1-2-3-4-5-10-8-13-7-6-11(10)14-9-12/h9-11H,2-8H2,1H3. The Kier molecular flexibility index (Phi) is 5.60. The van der Waals surface area contributed by atoms with Gasteiger partial charge in [0.25, 0.3) is 6.47 Å². The molecule has 0 bridgehead atoms. The van der Waals surface area contributed by atoms with Gasteiger partial charge in [-0.3, -0.25) is 4.79 Å². The van der Waals surface area contributed by atoms with Crippen molar-refractivity contribution in [3.63, 3.8) is 0 Å². The first-order chi connectivity index (χ1) is 6.88. The second-order valence-electron chi connectivity index (χ2n) is 3.89. The molecule has 0 aromatic heterocycles. The smallest absolute Gasteiger partial charge is 0.293 e. The molecule has 1 aliphatic rings. The highest BCUT2D eigenvalue weighted by Gasteiger charge is 2.26. The van der Waals surface area contributed by atoms with E-state index in [1.807, 2.05) is 0 Å². The molecule has 0 saturated carbocycles. The summed E-state index contributed by atoms with van der Waals surface area (Å²) in [7, 11) is 0. The zero-order valence-corrected chi connectivity index (χ0v) is 8.91. The topological polar surface area (TPSA) is 35.5 Å². The fourth-order valence-corrected chi connectivity index (χ4v) is 1.95. The van der Waals surface area contributed by atoms with E-state index < -0.39 is 0 Å². The maximum Gasteiger partial charge on any atom is 0.293 e. The van der Waals surface area contributed by atoms with Crippen molar-refractivity contribution in [1.82, 2.24) is 0 Å². The van der Waals surface area contributed by atoms with Gasteiger partial charge in [-0.2, -0.15) is 0 Å². The van der Waals surface area contributed by atoms with Gasteiger partial charge >= 0.3 is 0 Å². The molecule has 1 saturated heterocycles. The second kappa shape index (κ2) is 6.82. The summed E-state index contributed by atoms with van der Waals surface area (Å²) in [4.78, 5) is 10.3. The highest BCUT2D eigenvalue weighted by molar-refractivity contribution is 5.37. The Morgan fingerprint density at radius 2 is 2.36 bits per heavy atom. The van der Waals surface area contributed by atoms with E-state index in [0.717, 1.165) is 26.1 Å². The van der Waals surface area contributed by atoms with Crippen LogP contribution >= 0.6 is 0 Å². The van der Waals surface area contributed by atoms with Crippen LogP contribution in [-0.2, 0) is 14.3 Å². The molecular formula is C11H20O3. The van der Waals surface area contributed by atoms with Gasteiger partial charge in [0, 0.05) is 12.3 Å². The molecule has 1 aliphatic heterocycles. The van der Waals surface area contributed by atoms with Crippen LogP contribution in [0.4, 0.5) is 0 Å². The first kappa shape index (κ1) is 11.5. The molecule has 82 valence electrons.